The molecule has 1 atom stereocenters. The van der Waals surface area contributed by atoms with E-state index < -0.39 is 23.6 Å². The van der Waals surface area contributed by atoms with E-state index in [1.807, 2.05) is 0 Å². The summed E-state index contributed by atoms with van der Waals surface area (Å²) in [6.07, 6.45) is 1.01. The lowest BCUT2D eigenvalue weighted by atomic mass is 10.1. The van der Waals surface area contributed by atoms with Crippen LogP contribution in [0.15, 0.2) is 24.0 Å². The Morgan fingerprint density at radius 1 is 1.19 bits per heavy atom. The van der Waals surface area contributed by atoms with Crippen molar-refractivity contribution in [3.05, 3.63) is 47.0 Å². The Morgan fingerprint density at radius 3 is 2.31 bits per heavy atom. The first-order valence-electron chi connectivity index (χ1n) is 4.75. The molecule has 0 amide bonds. The molecule has 1 aliphatic heterocycles. The average molecular weight is 230 g/mol. The van der Waals surface area contributed by atoms with Gasteiger partial charge in [0, 0.05) is 6.42 Å². The topological polar surface area (TPSA) is 29.5 Å². The van der Waals surface area contributed by atoms with Crippen molar-refractivity contribution >= 4 is 0 Å². The molecule has 1 aromatic rings. The molecule has 5 heteroatoms. The van der Waals surface area contributed by atoms with Gasteiger partial charge in [0.1, 0.15) is 11.9 Å². The maximum atomic E-state index is 12.9. The van der Waals surface area contributed by atoms with Crippen LogP contribution in [0.25, 0.3) is 0 Å². The third-order valence-corrected chi connectivity index (χ3v) is 2.32. The predicted molar refractivity (Wildman–Crippen MR) is 49.9 cm³/mol. The van der Waals surface area contributed by atoms with Crippen LogP contribution in [-0.2, 0) is 4.74 Å². The lowest BCUT2D eigenvalue weighted by Gasteiger charge is -2.12. The fourth-order valence-corrected chi connectivity index (χ4v) is 1.52. The highest BCUT2D eigenvalue weighted by molar-refractivity contribution is 5.26. The monoisotopic (exact) mass is 230 g/mol. The first kappa shape index (κ1) is 11.0. The molecule has 2 rings (SSSR count). The number of benzene rings is 1. The average Bonchev–Trinajstić information content (AvgIpc) is 2.77. The molecule has 0 radical (unpaired) electrons. The molecule has 0 saturated heterocycles. The zero-order valence-electron chi connectivity index (χ0n) is 8.21. The predicted octanol–water partition coefficient (Wildman–Crippen LogP) is 2.44. The second-order valence-electron chi connectivity index (χ2n) is 3.44. The smallest absolute Gasteiger partial charge is 0.194 e. The second-order valence-corrected chi connectivity index (χ2v) is 3.44. The minimum atomic E-state index is -1.54. The summed E-state index contributed by atoms with van der Waals surface area (Å²) in [5.74, 6) is -3.96. The van der Waals surface area contributed by atoms with Gasteiger partial charge in [-0.25, -0.2) is 13.2 Å². The maximum absolute atomic E-state index is 12.9. The van der Waals surface area contributed by atoms with Gasteiger partial charge in [-0.2, -0.15) is 0 Å². The van der Waals surface area contributed by atoms with Crippen LogP contribution in [-0.4, -0.2) is 11.7 Å². The molecule has 1 heterocycles. The van der Waals surface area contributed by atoms with Crippen LogP contribution in [0.5, 0.6) is 0 Å². The second kappa shape index (κ2) is 4.17. The lowest BCUT2D eigenvalue weighted by Crippen LogP contribution is -2.05. The molecule has 0 bridgehead atoms. The van der Waals surface area contributed by atoms with Gasteiger partial charge in [0.05, 0.1) is 6.61 Å². The molecule has 1 N–H and O–H groups in total. The summed E-state index contributed by atoms with van der Waals surface area (Å²) < 4.78 is 43.5. The molecule has 2 nitrogen and oxygen atoms in total. The summed E-state index contributed by atoms with van der Waals surface area (Å²) in [7, 11) is 0. The first-order chi connectivity index (χ1) is 7.59. The molecule has 16 heavy (non-hydrogen) atoms. The number of rotatable bonds is 2. The van der Waals surface area contributed by atoms with Crippen LogP contribution < -0.4 is 0 Å². The van der Waals surface area contributed by atoms with Crippen LogP contribution >= 0.6 is 0 Å². The van der Waals surface area contributed by atoms with E-state index in [2.05, 4.69) is 0 Å². The van der Waals surface area contributed by atoms with Crippen molar-refractivity contribution in [2.45, 2.75) is 12.5 Å². The molecule has 0 aliphatic carbocycles. The van der Waals surface area contributed by atoms with Gasteiger partial charge in [-0.3, -0.25) is 0 Å². The van der Waals surface area contributed by atoms with Crippen molar-refractivity contribution in [1.82, 2.24) is 0 Å². The van der Waals surface area contributed by atoms with Gasteiger partial charge in [-0.15, -0.1) is 0 Å². The van der Waals surface area contributed by atoms with E-state index in [4.69, 9.17) is 4.74 Å². The van der Waals surface area contributed by atoms with Crippen molar-refractivity contribution in [3.63, 3.8) is 0 Å². The van der Waals surface area contributed by atoms with Crippen molar-refractivity contribution in [2.24, 2.45) is 0 Å². The largest absolute Gasteiger partial charge is 0.495 e. The fourth-order valence-electron chi connectivity index (χ4n) is 1.52. The SMILES string of the molecule is OC(C1=CCCO1)c1cc(F)c(F)c(F)c1. The first-order valence-corrected chi connectivity index (χ1v) is 4.75. The number of hydrogen-bond donors (Lipinski definition) is 1. The van der Waals surface area contributed by atoms with Gasteiger partial charge in [-0.05, 0) is 23.8 Å². The van der Waals surface area contributed by atoms with Crippen molar-refractivity contribution in [1.29, 1.82) is 0 Å². The number of halogens is 3. The molecular weight excluding hydrogens is 221 g/mol. The van der Waals surface area contributed by atoms with Gasteiger partial charge < -0.3 is 9.84 Å². The van der Waals surface area contributed by atoms with Gasteiger partial charge in [0.2, 0.25) is 0 Å². The Kier molecular flexibility index (Phi) is 2.87. The van der Waals surface area contributed by atoms with E-state index >= 15 is 0 Å². The summed E-state index contributed by atoms with van der Waals surface area (Å²) in [6.45, 7) is 0.429. The van der Waals surface area contributed by atoms with Crippen LogP contribution in [0, 0.1) is 17.5 Å². The summed E-state index contributed by atoms with van der Waals surface area (Å²) in [5, 5.41) is 9.71. The van der Waals surface area contributed by atoms with E-state index in [0.29, 0.717) is 13.0 Å². The summed E-state index contributed by atoms with van der Waals surface area (Å²) in [6, 6.07) is 1.51. The lowest BCUT2D eigenvalue weighted by molar-refractivity contribution is 0.118. The Balaban J connectivity index is 2.33. The molecule has 1 unspecified atom stereocenters. The standard InChI is InChI=1S/C11H9F3O2/c12-7-4-6(5-8(13)10(7)14)11(15)9-2-1-3-16-9/h2,4-5,11,15H,1,3H2. The van der Waals surface area contributed by atoms with Crippen LogP contribution in [0.1, 0.15) is 18.1 Å². The Labute approximate surface area is 90.0 Å². The molecular formula is C11H9F3O2. The number of aliphatic hydroxyl groups excluding tert-OH is 1. The van der Waals surface area contributed by atoms with E-state index in [0.717, 1.165) is 12.1 Å². The van der Waals surface area contributed by atoms with Crippen LogP contribution in [0.4, 0.5) is 13.2 Å². The number of hydrogen-bond acceptors (Lipinski definition) is 2. The van der Waals surface area contributed by atoms with Crippen LogP contribution in [0.3, 0.4) is 0 Å². The zero-order chi connectivity index (χ0) is 11.7. The van der Waals surface area contributed by atoms with Crippen LogP contribution in [0.2, 0.25) is 0 Å². The van der Waals surface area contributed by atoms with Gasteiger partial charge in [0.25, 0.3) is 0 Å². The molecule has 0 saturated carbocycles. The van der Waals surface area contributed by atoms with E-state index in [9.17, 15) is 18.3 Å². The van der Waals surface area contributed by atoms with Crippen molar-refractivity contribution < 1.29 is 23.0 Å². The van der Waals surface area contributed by atoms with Gasteiger partial charge >= 0.3 is 0 Å². The molecule has 0 aromatic heterocycles. The minimum absolute atomic E-state index is 0.0652. The van der Waals surface area contributed by atoms with E-state index in [-0.39, 0.29) is 11.3 Å². The van der Waals surface area contributed by atoms with E-state index in [1.54, 1.807) is 6.08 Å². The number of ether oxygens (including phenoxy) is 1. The summed E-state index contributed by atoms with van der Waals surface area (Å²) in [5.41, 5.74) is -0.0652. The highest BCUT2D eigenvalue weighted by atomic mass is 19.2. The molecule has 0 spiro atoms. The molecule has 1 aliphatic rings. The quantitative estimate of drug-likeness (QED) is 0.791. The highest BCUT2D eigenvalue weighted by Crippen LogP contribution is 2.28. The maximum Gasteiger partial charge on any atom is 0.194 e. The van der Waals surface area contributed by atoms with Gasteiger partial charge in [0.15, 0.2) is 17.5 Å². The molecule has 86 valence electrons. The minimum Gasteiger partial charge on any atom is -0.495 e. The van der Waals surface area contributed by atoms with Crippen molar-refractivity contribution in [2.75, 3.05) is 6.61 Å². The normalized spacial score (nSPS) is 16.9. The number of aliphatic hydroxyl groups is 1. The highest BCUT2D eigenvalue weighted by Gasteiger charge is 2.21. The van der Waals surface area contributed by atoms with E-state index in [1.165, 1.54) is 0 Å². The Bertz CT molecular complexity index is 420. The van der Waals surface area contributed by atoms with Gasteiger partial charge in [-0.1, -0.05) is 0 Å². The van der Waals surface area contributed by atoms with Crippen molar-refractivity contribution in [3.8, 4) is 0 Å². The third kappa shape index (κ3) is 1.90. The molecule has 0 fully saturated rings. The molecule has 1 aromatic carbocycles. The summed E-state index contributed by atoms with van der Waals surface area (Å²) >= 11 is 0. The Hall–Kier alpha value is -1.49. The fraction of sp³-hybridized carbons (Fsp3) is 0.273. The third-order valence-electron chi connectivity index (χ3n) is 2.32. The summed E-state index contributed by atoms with van der Waals surface area (Å²) in [4.78, 5) is 0. The Morgan fingerprint density at radius 2 is 1.81 bits per heavy atom. The zero-order valence-corrected chi connectivity index (χ0v) is 8.21.